The van der Waals surface area contributed by atoms with Gasteiger partial charge in [-0.2, -0.15) is 4.98 Å². The number of phenolic OH excluding ortho intramolecular Hbond substituents is 1. The monoisotopic (exact) mass is 325 g/mol. The minimum absolute atomic E-state index is 0.0547. The molecule has 0 spiro atoms. The molecule has 0 aliphatic rings. The smallest absolute Gasteiger partial charge is 0.292 e. The number of aromatic hydroxyl groups is 1. The molecule has 1 amide bonds. The van der Waals surface area contributed by atoms with Gasteiger partial charge in [-0.1, -0.05) is 17.3 Å². The normalized spacial score (nSPS) is 10.4. The van der Waals surface area contributed by atoms with Crippen molar-refractivity contribution in [1.29, 1.82) is 0 Å². The van der Waals surface area contributed by atoms with E-state index in [0.29, 0.717) is 11.3 Å². The summed E-state index contributed by atoms with van der Waals surface area (Å²) in [7, 11) is 1.58. The van der Waals surface area contributed by atoms with Crippen molar-refractivity contribution in [2.75, 3.05) is 7.11 Å². The molecule has 0 unspecified atom stereocenters. The third-order valence-corrected chi connectivity index (χ3v) is 3.33. The van der Waals surface area contributed by atoms with Crippen molar-refractivity contribution >= 4 is 5.91 Å². The van der Waals surface area contributed by atoms with E-state index in [1.807, 2.05) is 0 Å². The van der Waals surface area contributed by atoms with Crippen LogP contribution in [-0.4, -0.2) is 28.3 Å². The van der Waals surface area contributed by atoms with Crippen LogP contribution in [0.1, 0.15) is 16.2 Å². The van der Waals surface area contributed by atoms with Gasteiger partial charge in [-0.05, 0) is 42.0 Å². The predicted molar refractivity (Wildman–Crippen MR) is 85.6 cm³/mol. The topological polar surface area (TPSA) is 97.5 Å². The van der Waals surface area contributed by atoms with Crippen molar-refractivity contribution in [3.05, 3.63) is 59.9 Å². The van der Waals surface area contributed by atoms with E-state index in [1.165, 1.54) is 0 Å². The number of rotatable bonds is 5. The molecule has 7 nitrogen and oxygen atoms in total. The van der Waals surface area contributed by atoms with E-state index >= 15 is 0 Å². The zero-order chi connectivity index (χ0) is 16.9. The fraction of sp³-hybridized carbons (Fsp3) is 0.118. The van der Waals surface area contributed by atoms with Gasteiger partial charge >= 0.3 is 0 Å². The summed E-state index contributed by atoms with van der Waals surface area (Å²) in [6.45, 7) is 0.250. The molecule has 0 aliphatic carbocycles. The molecule has 0 atom stereocenters. The number of ether oxygens (including phenoxy) is 1. The van der Waals surface area contributed by atoms with E-state index in [4.69, 9.17) is 9.26 Å². The summed E-state index contributed by atoms with van der Waals surface area (Å²) in [5, 5.41) is 15.8. The van der Waals surface area contributed by atoms with Gasteiger partial charge in [0.1, 0.15) is 11.5 Å². The average Bonchev–Trinajstić information content (AvgIpc) is 3.10. The van der Waals surface area contributed by atoms with Crippen molar-refractivity contribution in [3.8, 4) is 23.0 Å². The Bertz CT molecular complexity index is 843. The molecule has 1 aromatic heterocycles. The second-order valence-electron chi connectivity index (χ2n) is 5.00. The minimum Gasteiger partial charge on any atom is -0.508 e. The Morgan fingerprint density at radius 1 is 1.25 bits per heavy atom. The quantitative estimate of drug-likeness (QED) is 0.747. The highest BCUT2D eigenvalue weighted by atomic mass is 16.5. The van der Waals surface area contributed by atoms with E-state index in [0.717, 1.165) is 5.56 Å². The maximum Gasteiger partial charge on any atom is 0.292 e. The molecule has 0 bridgehead atoms. The van der Waals surface area contributed by atoms with Gasteiger partial charge in [-0.15, -0.1) is 0 Å². The van der Waals surface area contributed by atoms with Crippen LogP contribution in [0.4, 0.5) is 0 Å². The van der Waals surface area contributed by atoms with E-state index in [2.05, 4.69) is 15.5 Å². The minimum atomic E-state index is -0.457. The fourth-order valence-electron chi connectivity index (χ4n) is 2.09. The number of carbonyl (C=O) groups excluding carboxylic acids is 1. The summed E-state index contributed by atoms with van der Waals surface area (Å²) in [5.74, 6) is 0.591. The molecule has 2 aromatic carbocycles. The van der Waals surface area contributed by atoms with Crippen molar-refractivity contribution in [1.82, 2.24) is 15.5 Å². The first-order valence-electron chi connectivity index (χ1n) is 7.20. The van der Waals surface area contributed by atoms with Gasteiger partial charge in [0.25, 0.3) is 17.6 Å². The number of amides is 1. The van der Waals surface area contributed by atoms with Crippen LogP contribution in [-0.2, 0) is 6.54 Å². The maximum atomic E-state index is 12.1. The second-order valence-corrected chi connectivity index (χ2v) is 5.00. The molecule has 0 saturated carbocycles. The zero-order valence-corrected chi connectivity index (χ0v) is 12.9. The largest absolute Gasteiger partial charge is 0.508 e. The molecule has 0 saturated heterocycles. The molecular formula is C17H15N3O4. The number of carbonyl (C=O) groups is 1. The first-order chi connectivity index (χ1) is 11.7. The van der Waals surface area contributed by atoms with Crippen molar-refractivity contribution in [3.63, 3.8) is 0 Å². The van der Waals surface area contributed by atoms with Gasteiger partial charge in [0, 0.05) is 12.1 Å². The third kappa shape index (κ3) is 3.52. The van der Waals surface area contributed by atoms with Crippen LogP contribution in [0, 0.1) is 0 Å². The van der Waals surface area contributed by atoms with Crippen LogP contribution >= 0.6 is 0 Å². The number of hydrogen-bond donors (Lipinski definition) is 2. The summed E-state index contributed by atoms with van der Waals surface area (Å²) in [6, 6.07) is 13.7. The van der Waals surface area contributed by atoms with Crippen LogP contribution < -0.4 is 10.1 Å². The van der Waals surface area contributed by atoms with Gasteiger partial charge < -0.3 is 19.7 Å². The molecule has 0 fully saturated rings. The number of nitrogens with one attached hydrogen (secondary N) is 1. The van der Waals surface area contributed by atoms with E-state index in [1.54, 1.807) is 55.6 Å². The molecule has 2 N–H and O–H groups in total. The SMILES string of the molecule is COc1ccc(-c2nc(C(=O)NCc3cccc(O)c3)no2)cc1. The van der Waals surface area contributed by atoms with Gasteiger partial charge in [0.05, 0.1) is 7.11 Å². The molecule has 0 aliphatic heterocycles. The van der Waals surface area contributed by atoms with Crippen LogP contribution in [0.15, 0.2) is 53.1 Å². The molecule has 0 radical (unpaired) electrons. The summed E-state index contributed by atoms with van der Waals surface area (Å²) < 4.78 is 10.2. The fourth-order valence-corrected chi connectivity index (χ4v) is 2.09. The van der Waals surface area contributed by atoms with E-state index in [-0.39, 0.29) is 24.0 Å². The lowest BCUT2D eigenvalue weighted by Crippen LogP contribution is -2.23. The highest BCUT2D eigenvalue weighted by Gasteiger charge is 2.15. The Balaban J connectivity index is 1.66. The van der Waals surface area contributed by atoms with E-state index < -0.39 is 5.91 Å². The molecule has 3 rings (SSSR count). The van der Waals surface area contributed by atoms with Crippen LogP contribution in [0.25, 0.3) is 11.5 Å². The van der Waals surface area contributed by atoms with Crippen LogP contribution in [0.2, 0.25) is 0 Å². The summed E-state index contributed by atoms with van der Waals surface area (Å²) >= 11 is 0. The Hall–Kier alpha value is -3.35. The summed E-state index contributed by atoms with van der Waals surface area (Å²) in [6.07, 6.45) is 0. The Morgan fingerprint density at radius 2 is 2.04 bits per heavy atom. The molecule has 1 heterocycles. The lowest BCUT2D eigenvalue weighted by atomic mass is 10.2. The zero-order valence-electron chi connectivity index (χ0n) is 12.9. The molecule has 24 heavy (non-hydrogen) atoms. The van der Waals surface area contributed by atoms with Gasteiger partial charge in [0.2, 0.25) is 0 Å². The third-order valence-electron chi connectivity index (χ3n) is 3.33. The number of methoxy groups -OCH3 is 1. The summed E-state index contributed by atoms with van der Waals surface area (Å²) in [4.78, 5) is 16.2. The number of phenols is 1. The maximum absolute atomic E-state index is 12.1. The Morgan fingerprint density at radius 3 is 2.75 bits per heavy atom. The molecule has 7 heteroatoms. The van der Waals surface area contributed by atoms with Crippen molar-refractivity contribution < 1.29 is 19.2 Å². The molecule has 3 aromatic rings. The first kappa shape index (κ1) is 15.5. The van der Waals surface area contributed by atoms with Gasteiger partial charge in [-0.25, -0.2) is 0 Å². The highest BCUT2D eigenvalue weighted by Crippen LogP contribution is 2.20. The number of nitrogens with zero attached hydrogens (tertiary/aromatic N) is 2. The lowest BCUT2D eigenvalue weighted by molar-refractivity contribution is 0.0937. The Labute approximate surface area is 137 Å². The van der Waals surface area contributed by atoms with Crippen molar-refractivity contribution in [2.24, 2.45) is 0 Å². The molecule has 122 valence electrons. The predicted octanol–water partition coefficient (Wildman–Crippen LogP) is 2.38. The van der Waals surface area contributed by atoms with Crippen molar-refractivity contribution in [2.45, 2.75) is 6.54 Å². The van der Waals surface area contributed by atoms with Gasteiger partial charge in [-0.3, -0.25) is 4.79 Å². The second kappa shape index (κ2) is 6.82. The average molecular weight is 325 g/mol. The number of hydrogen-bond acceptors (Lipinski definition) is 6. The van der Waals surface area contributed by atoms with Crippen LogP contribution in [0.5, 0.6) is 11.5 Å². The first-order valence-corrected chi connectivity index (χ1v) is 7.20. The lowest BCUT2D eigenvalue weighted by Gasteiger charge is -2.02. The van der Waals surface area contributed by atoms with E-state index in [9.17, 15) is 9.90 Å². The standard InChI is InChI=1S/C17H15N3O4/c1-23-14-7-5-12(6-8-14)17-19-15(20-24-17)16(22)18-10-11-3-2-4-13(21)9-11/h2-9,21H,10H2,1H3,(H,18,22). The molecular weight excluding hydrogens is 310 g/mol. The van der Waals surface area contributed by atoms with Gasteiger partial charge in [0.15, 0.2) is 0 Å². The summed E-state index contributed by atoms with van der Waals surface area (Å²) in [5.41, 5.74) is 1.46. The number of aromatic nitrogens is 2. The Kier molecular flexibility index (Phi) is 4.42. The highest BCUT2D eigenvalue weighted by molar-refractivity contribution is 5.90. The van der Waals surface area contributed by atoms with Crippen LogP contribution in [0.3, 0.4) is 0 Å². The number of benzene rings is 2.